The van der Waals surface area contributed by atoms with Gasteiger partial charge in [0.1, 0.15) is 17.3 Å². The molecule has 1 amide bonds. The van der Waals surface area contributed by atoms with E-state index in [1.807, 2.05) is 6.07 Å². The van der Waals surface area contributed by atoms with Crippen molar-refractivity contribution >= 4 is 37.7 Å². The summed E-state index contributed by atoms with van der Waals surface area (Å²) in [5.74, 6) is -4.25. The topological polar surface area (TPSA) is 66.9 Å². The van der Waals surface area contributed by atoms with E-state index in [9.17, 15) is 26.4 Å². The van der Waals surface area contributed by atoms with Crippen LogP contribution in [-0.4, -0.2) is 37.9 Å². The van der Waals surface area contributed by atoms with Gasteiger partial charge in [0.05, 0.1) is 5.69 Å². The molecule has 2 aromatic carbocycles. The van der Waals surface area contributed by atoms with Crippen LogP contribution in [0.3, 0.4) is 0 Å². The van der Waals surface area contributed by atoms with Crippen LogP contribution in [0.15, 0.2) is 39.7 Å². The van der Waals surface area contributed by atoms with Crippen LogP contribution in [0.2, 0.25) is 0 Å². The predicted octanol–water partition coefficient (Wildman–Crippen LogP) is 4.18. The highest BCUT2D eigenvalue weighted by Crippen LogP contribution is 2.34. The summed E-state index contributed by atoms with van der Waals surface area (Å²) >= 11 is 3.38. The monoisotopic (exact) mass is 504 g/mol. The van der Waals surface area contributed by atoms with Crippen molar-refractivity contribution in [3.8, 4) is 0 Å². The van der Waals surface area contributed by atoms with Crippen molar-refractivity contribution in [2.45, 2.75) is 30.4 Å². The Morgan fingerprint density at radius 3 is 2.37 bits per heavy atom. The first-order valence-corrected chi connectivity index (χ1v) is 11.3. The third kappa shape index (κ3) is 3.69. The largest absolute Gasteiger partial charge is 0.444 e. The number of benzene rings is 2. The van der Waals surface area contributed by atoms with Crippen molar-refractivity contribution in [1.29, 1.82) is 0 Å². The van der Waals surface area contributed by atoms with E-state index in [1.165, 1.54) is 4.90 Å². The number of amides is 1. The van der Waals surface area contributed by atoms with E-state index < -0.39 is 38.5 Å². The molecule has 0 spiro atoms. The van der Waals surface area contributed by atoms with Gasteiger partial charge in [-0.2, -0.15) is 4.31 Å². The third-order valence-electron chi connectivity index (χ3n) is 5.23. The summed E-state index contributed by atoms with van der Waals surface area (Å²) in [4.78, 5) is 13.0. The maximum Gasteiger partial charge on any atom is 0.414 e. The Morgan fingerprint density at radius 2 is 1.67 bits per heavy atom. The molecule has 30 heavy (non-hydrogen) atoms. The van der Waals surface area contributed by atoms with E-state index in [0.717, 1.165) is 14.3 Å². The summed E-state index contributed by atoms with van der Waals surface area (Å²) in [6, 6.07) is 5.69. The molecule has 0 N–H and O–H groups in total. The average molecular weight is 505 g/mol. The molecule has 1 saturated heterocycles. The molecule has 0 aromatic heterocycles. The molecular weight excluding hydrogens is 489 g/mol. The lowest BCUT2D eigenvalue weighted by molar-refractivity contribution is 0.135. The zero-order valence-corrected chi connectivity index (χ0v) is 17.8. The molecular formula is C19H16BrF3N2O4S. The Bertz CT molecular complexity index is 1120. The quantitative estimate of drug-likeness (QED) is 0.588. The number of hydrogen-bond donors (Lipinski definition) is 0. The molecule has 0 aliphatic carbocycles. The second-order valence-corrected chi connectivity index (χ2v) is 9.85. The Balaban J connectivity index is 1.55. The van der Waals surface area contributed by atoms with Crippen LogP contribution in [-0.2, 0) is 21.4 Å². The first-order chi connectivity index (χ1) is 14.2. The SMILES string of the molecule is O=C1OCc2cc(Br)ccc2N1C1CCN(S(=O)(=O)c2cc(F)c(F)cc2F)CC1. The lowest BCUT2D eigenvalue weighted by Gasteiger charge is -2.39. The lowest BCUT2D eigenvalue weighted by atomic mass is 10.0. The minimum Gasteiger partial charge on any atom is -0.444 e. The molecule has 6 nitrogen and oxygen atoms in total. The fourth-order valence-electron chi connectivity index (χ4n) is 3.74. The number of anilines is 1. The number of carbonyl (C=O) groups excluding carboxylic acids is 1. The van der Waals surface area contributed by atoms with Gasteiger partial charge in [-0.25, -0.2) is 26.4 Å². The smallest absolute Gasteiger partial charge is 0.414 e. The van der Waals surface area contributed by atoms with Crippen molar-refractivity contribution in [2.75, 3.05) is 18.0 Å². The number of carbonyl (C=O) groups is 1. The highest BCUT2D eigenvalue weighted by Gasteiger charge is 2.38. The van der Waals surface area contributed by atoms with Gasteiger partial charge in [-0.1, -0.05) is 15.9 Å². The van der Waals surface area contributed by atoms with Crippen molar-refractivity contribution < 1.29 is 31.1 Å². The molecule has 1 fully saturated rings. The molecule has 4 rings (SSSR count). The highest BCUT2D eigenvalue weighted by molar-refractivity contribution is 9.10. The van der Waals surface area contributed by atoms with E-state index >= 15 is 0 Å². The van der Waals surface area contributed by atoms with Gasteiger partial charge in [-0.05, 0) is 37.1 Å². The fourth-order valence-corrected chi connectivity index (χ4v) is 5.68. The average Bonchev–Trinajstić information content (AvgIpc) is 2.71. The number of cyclic esters (lactones) is 1. The molecule has 0 atom stereocenters. The van der Waals surface area contributed by atoms with Gasteiger partial charge in [0.25, 0.3) is 0 Å². The van der Waals surface area contributed by atoms with E-state index in [1.54, 1.807) is 12.1 Å². The number of nitrogens with zero attached hydrogens (tertiary/aromatic N) is 2. The lowest BCUT2D eigenvalue weighted by Crippen LogP contribution is -2.50. The molecule has 11 heteroatoms. The zero-order valence-electron chi connectivity index (χ0n) is 15.4. The summed E-state index contributed by atoms with van der Waals surface area (Å²) in [6.07, 6.45) is 0.0299. The van der Waals surface area contributed by atoms with Crippen LogP contribution < -0.4 is 4.90 Å². The van der Waals surface area contributed by atoms with Crippen LogP contribution in [0, 0.1) is 17.5 Å². The van der Waals surface area contributed by atoms with Gasteiger partial charge in [-0.15, -0.1) is 0 Å². The second kappa shape index (κ2) is 7.86. The van der Waals surface area contributed by atoms with Crippen LogP contribution >= 0.6 is 15.9 Å². The third-order valence-corrected chi connectivity index (χ3v) is 7.64. The Kier molecular flexibility index (Phi) is 5.54. The number of halogens is 4. The fraction of sp³-hybridized carbons (Fsp3) is 0.316. The maximum atomic E-state index is 14.0. The minimum absolute atomic E-state index is 0.0128. The molecule has 0 bridgehead atoms. The van der Waals surface area contributed by atoms with Crippen molar-refractivity contribution in [3.63, 3.8) is 0 Å². The highest BCUT2D eigenvalue weighted by atomic mass is 79.9. The molecule has 2 aromatic rings. The number of rotatable bonds is 3. The molecule has 2 aliphatic rings. The summed E-state index contributed by atoms with van der Waals surface area (Å²) in [5.41, 5.74) is 1.52. The summed E-state index contributed by atoms with van der Waals surface area (Å²) in [6.45, 7) is 0.120. The van der Waals surface area contributed by atoms with Gasteiger partial charge >= 0.3 is 6.09 Å². The van der Waals surface area contributed by atoms with Gasteiger partial charge in [0, 0.05) is 35.2 Å². The normalized spacial score (nSPS) is 18.3. The first-order valence-electron chi connectivity index (χ1n) is 9.07. The second-order valence-electron chi connectivity index (χ2n) is 7.03. The Labute approximate surface area is 179 Å². The standard InChI is InChI=1S/C19H16BrF3N2O4S/c20-12-1-2-17-11(7-12)10-29-19(26)25(17)13-3-5-24(6-4-13)30(27,28)18-9-15(22)14(21)8-16(18)23/h1-2,7-9,13H,3-6,10H2. The van der Waals surface area contributed by atoms with Crippen molar-refractivity contribution in [1.82, 2.24) is 4.31 Å². The maximum absolute atomic E-state index is 14.0. The summed E-state index contributed by atoms with van der Waals surface area (Å²) < 4.78 is 73.2. The van der Waals surface area contributed by atoms with Gasteiger partial charge in [-0.3, -0.25) is 4.90 Å². The number of ether oxygens (including phenoxy) is 1. The van der Waals surface area contributed by atoms with Crippen LogP contribution in [0.25, 0.3) is 0 Å². The number of piperidine rings is 1. The number of fused-ring (bicyclic) bond motifs is 1. The van der Waals surface area contributed by atoms with Gasteiger partial charge in [0.2, 0.25) is 10.0 Å². The number of hydrogen-bond acceptors (Lipinski definition) is 4. The van der Waals surface area contributed by atoms with Crippen molar-refractivity contribution in [2.24, 2.45) is 0 Å². The summed E-state index contributed by atoms with van der Waals surface area (Å²) in [7, 11) is -4.36. The van der Waals surface area contributed by atoms with Gasteiger partial charge < -0.3 is 4.74 Å². The van der Waals surface area contributed by atoms with E-state index in [4.69, 9.17) is 4.74 Å². The van der Waals surface area contributed by atoms with E-state index in [-0.39, 0.29) is 44.6 Å². The molecule has 2 heterocycles. The molecule has 2 aliphatic heterocycles. The molecule has 0 radical (unpaired) electrons. The Morgan fingerprint density at radius 1 is 1.00 bits per heavy atom. The van der Waals surface area contributed by atoms with Gasteiger partial charge in [0.15, 0.2) is 11.6 Å². The molecule has 0 saturated carbocycles. The minimum atomic E-state index is -4.36. The Hall–Kier alpha value is -2.11. The summed E-state index contributed by atoms with van der Waals surface area (Å²) in [5, 5.41) is 0. The van der Waals surface area contributed by atoms with Crippen LogP contribution in [0.4, 0.5) is 23.7 Å². The predicted molar refractivity (Wildman–Crippen MR) is 105 cm³/mol. The van der Waals surface area contributed by atoms with E-state index in [0.29, 0.717) is 11.8 Å². The number of sulfonamides is 1. The first kappa shape index (κ1) is 21.1. The van der Waals surface area contributed by atoms with Crippen LogP contribution in [0.1, 0.15) is 18.4 Å². The molecule has 0 unspecified atom stereocenters. The molecule has 160 valence electrons. The zero-order chi connectivity index (χ0) is 21.6. The van der Waals surface area contributed by atoms with E-state index in [2.05, 4.69) is 15.9 Å². The van der Waals surface area contributed by atoms with Crippen molar-refractivity contribution in [3.05, 3.63) is 57.8 Å². The van der Waals surface area contributed by atoms with Crippen LogP contribution in [0.5, 0.6) is 0 Å².